The summed E-state index contributed by atoms with van der Waals surface area (Å²) in [6.45, 7) is 11.4. The van der Waals surface area contributed by atoms with Crippen molar-refractivity contribution in [2.75, 3.05) is 30.3 Å². The van der Waals surface area contributed by atoms with Crippen molar-refractivity contribution in [2.24, 2.45) is 5.92 Å². The lowest BCUT2D eigenvalue weighted by Crippen LogP contribution is -2.58. The molecule has 2 aliphatic heterocycles. The number of hydrogen-bond donors (Lipinski definition) is 0. The van der Waals surface area contributed by atoms with E-state index in [1.807, 2.05) is 27.7 Å². The number of aromatic nitrogens is 3. The molecular formula is C22H29ClFN5O2S. The lowest BCUT2D eigenvalue weighted by molar-refractivity contribution is 0.0197. The number of aryl methyl sites for hydroxylation is 1. The van der Waals surface area contributed by atoms with Gasteiger partial charge in [-0.05, 0) is 45.3 Å². The number of amides is 1. The van der Waals surface area contributed by atoms with Crippen LogP contribution in [-0.4, -0.2) is 63.0 Å². The van der Waals surface area contributed by atoms with Crippen LogP contribution in [0, 0.1) is 11.7 Å². The van der Waals surface area contributed by atoms with Gasteiger partial charge in [0, 0.05) is 19.6 Å². The van der Waals surface area contributed by atoms with Crippen molar-refractivity contribution in [3.63, 3.8) is 0 Å². The van der Waals surface area contributed by atoms with Crippen molar-refractivity contribution in [3.05, 3.63) is 16.7 Å². The van der Waals surface area contributed by atoms with Crippen LogP contribution in [-0.2, 0) is 11.2 Å². The zero-order valence-corrected chi connectivity index (χ0v) is 20.7. The minimum atomic E-state index is -0.607. The first kappa shape index (κ1) is 23.3. The fourth-order valence-corrected chi connectivity index (χ4v) is 5.12. The Morgan fingerprint density at radius 2 is 2.03 bits per heavy atom. The number of thioether (sulfide) groups is 1. The second kappa shape index (κ2) is 8.82. The SMILES string of the molecule is CCSc1nc2c3c(nc(Cl)c(F)c3n1)CCC(C)C1CN(C(=O)OC(C)(C)C)CCN21. The normalized spacial score (nSPS) is 21.2. The molecule has 2 aliphatic rings. The van der Waals surface area contributed by atoms with E-state index in [9.17, 15) is 4.79 Å². The van der Waals surface area contributed by atoms with Crippen LogP contribution in [0.5, 0.6) is 0 Å². The molecule has 0 saturated carbocycles. The fourth-order valence-electron chi connectivity index (χ4n) is 4.37. The van der Waals surface area contributed by atoms with E-state index in [1.54, 1.807) is 4.90 Å². The summed E-state index contributed by atoms with van der Waals surface area (Å²) in [5.74, 6) is 1.10. The van der Waals surface area contributed by atoms with Crippen molar-refractivity contribution in [1.29, 1.82) is 0 Å². The van der Waals surface area contributed by atoms with Gasteiger partial charge in [-0.2, -0.15) is 0 Å². The first-order valence-corrected chi connectivity index (χ1v) is 12.4. The number of nitrogens with zero attached hydrogens (tertiary/aromatic N) is 5. The smallest absolute Gasteiger partial charge is 0.410 e. The Morgan fingerprint density at radius 1 is 1.28 bits per heavy atom. The lowest BCUT2D eigenvalue weighted by atomic mass is 9.89. The zero-order chi connectivity index (χ0) is 23.2. The molecule has 2 unspecified atom stereocenters. The average molecular weight is 482 g/mol. The summed E-state index contributed by atoms with van der Waals surface area (Å²) in [6.07, 6.45) is 1.17. The second-order valence-corrected chi connectivity index (χ2v) is 10.9. The summed E-state index contributed by atoms with van der Waals surface area (Å²) in [7, 11) is 0. The highest BCUT2D eigenvalue weighted by Gasteiger charge is 2.38. The molecule has 0 spiro atoms. The zero-order valence-electron chi connectivity index (χ0n) is 19.1. The highest BCUT2D eigenvalue weighted by atomic mass is 35.5. The lowest BCUT2D eigenvalue weighted by Gasteiger charge is -2.46. The predicted molar refractivity (Wildman–Crippen MR) is 125 cm³/mol. The van der Waals surface area contributed by atoms with Crippen LogP contribution >= 0.6 is 23.4 Å². The Morgan fingerprint density at radius 3 is 2.72 bits per heavy atom. The predicted octanol–water partition coefficient (Wildman–Crippen LogP) is 4.94. The number of rotatable bonds is 2. The first-order valence-electron chi connectivity index (χ1n) is 11.0. The van der Waals surface area contributed by atoms with Gasteiger partial charge in [0.25, 0.3) is 0 Å². The molecule has 4 rings (SSSR count). The second-order valence-electron chi connectivity index (χ2n) is 9.35. The Bertz CT molecular complexity index is 1050. The molecule has 32 heavy (non-hydrogen) atoms. The largest absolute Gasteiger partial charge is 0.444 e. The van der Waals surface area contributed by atoms with Gasteiger partial charge < -0.3 is 14.5 Å². The summed E-state index contributed by atoms with van der Waals surface area (Å²) < 4.78 is 20.6. The molecule has 2 atom stereocenters. The summed E-state index contributed by atoms with van der Waals surface area (Å²) in [6, 6.07) is 0.0285. The number of piperazine rings is 1. The van der Waals surface area contributed by atoms with Gasteiger partial charge in [-0.1, -0.05) is 37.2 Å². The van der Waals surface area contributed by atoms with Gasteiger partial charge in [0.15, 0.2) is 16.1 Å². The van der Waals surface area contributed by atoms with E-state index < -0.39 is 11.4 Å². The monoisotopic (exact) mass is 481 g/mol. The highest BCUT2D eigenvalue weighted by Crippen LogP contribution is 2.38. The third-order valence-electron chi connectivity index (χ3n) is 5.89. The van der Waals surface area contributed by atoms with Crippen LogP contribution in [0.25, 0.3) is 10.9 Å². The minimum Gasteiger partial charge on any atom is -0.444 e. The van der Waals surface area contributed by atoms with Gasteiger partial charge >= 0.3 is 6.09 Å². The molecule has 2 aromatic rings. The van der Waals surface area contributed by atoms with Crippen molar-refractivity contribution in [2.45, 2.75) is 64.3 Å². The van der Waals surface area contributed by atoms with Gasteiger partial charge in [0.1, 0.15) is 16.9 Å². The maximum absolute atomic E-state index is 15.0. The third kappa shape index (κ3) is 4.46. The van der Waals surface area contributed by atoms with E-state index >= 15 is 4.39 Å². The van der Waals surface area contributed by atoms with E-state index in [2.05, 4.69) is 21.8 Å². The summed E-state index contributed by atoms with van der Waals surface area (Å²) >= 11 is 7.59. The van der Waals surface area contributed by atoms with Gasteiger partial charge in [0.2, 0.25) is 0 Å². The fraction of sp³-hybridized carbons (Fsp3) is 0.636. The van der Waals surface area contributed by atoms with E-state index in [0.717, 1.165) is 17.9 Å². The molecule has 4 heterocycles. The van der Waals surface area contributed by atoms with E-state index in [0.29, 0.717) is 42.4 Å². The van der Waals surface area contributed by atoms with Crippen LogP contribution in [0.15, 0.2) is 5.16 Å². The number of fused-ring (bicyclic) bond motifs is 2. The van der Waals surface area contributed by atoms with Crippen molar-refractivity contribution >= 4 is 46.2 Å². The number of pyridine rings is 1. The first-order chi connectivity index (χ1) is 15.1. The van der Waals surface area contributed by atoms with Crippen LogP contribution in [0.2, 0.25) is 5.15 Å². The Hall–Kier alpha value is -1.87. The maximum atomic E-state index is 15.0. The molecule has 2 aromatic heterocycles. The topological polar surface area (TPSA) is 71.5 Å². The number of ether oxygens (including phenoxy) is 1. The number of carbonyl (C=O) groups excluding carboxylic acids is 1. The van der Waals surface area contributed by atoms with Crippen molar-refractivity contribution in [1.82, 2.24) is 19.9 Å². The molecule has 0 bridgehead atoms. The van der Waals surface area contributed by atoms with Gasteiger partial charge in [-0.25, -0.2) is 24.1 Å². The molecule has 174 valence electrons. The molecule has 1 fully saturated rings. The Labute approximate surface area is 197 Å². The summed E-state index contributed by atoms with van der Waals surface area (Å²) in [4.78, 5) is 30.4. The van der Waals surface area contributed by atoms with Crippen LogP contribution in [0.4, 0.5) is 15.0 Å². The molecule has 0 aromatic carbocycles. The molecule has 0 aliphatic carbocycles. The number of halogens is 2. The van der Waals surface area contributed by atoms with Gasteiger partial charge in [-0.3, -0.25) is 0 Å². The van der Waals surface area contributed by atoms with E-state index in [4.69, 9.17) is 21.3 Å². The highest BCUT2D eigenvalue weighted by molar-refractivity contribution is 7.99. The van der Waals surface area contributed by atoms with Gasteiger partial charge in [0.05, 0.1) is 17.1 Å². The number of carbonyl (C=O) groups is 1. The van der Waals surface area contributed by atoms with Crippen molar-refractivity contribution in [3.8, 4) is 0 Å². The quantitative estimate of drug-likeness (QED) is 0.342. The number of anilines is 1. The molecule has 1 amide bonds. The Kier molecular flexibility index (Phi) is 6.42. The molecule has 0 N–H and O–H groups in total. The Balaban J connectivity index is 1.79. The van der Waals surface area contributed by atoms with Crippen LogP contribution < -0.4 is 4.90 Å². The van der Waals surface area contributed by atoms with Crippen LogP contribution in [0.1, 0.15) is 46.7 Å². The maximum Gasteiger partial charge on any atom is 0.410 e. The molecular weight excluding hydrogens is 453 g/mol. The molecule has 10 heteroatoms. The van der Waals surface area contributed by atoms with Gasteiger partial charge in [-0.15, -0.1) is 0 Å². The van der Waals surface area contributed by atoms with E-state index in [-0.39, 0.29) is 28.7 Å². The standard InChI is InChI=1S/C22H29ClFN5O2S/c1-6-32-20-26-17-15-13(25-18(23)16(17)24)8-7-12(2)14-11-28(21(30)31-22(3,4)5)9-10-29(14)19(15)27-20/h12,14H,6-11H2,1-5H3. The van der Waals surface area contributed by atoms with Crippen molar-refractivity contribution < 1.29 is 13.9 Å². The molecule has 7 nitrogen and oxygen atoms in total. The summed E-state index contributed by atoms with van der Waals surface area (Å²) in [5.41, 5.74) is 0.408. The number of hydrogen-bond acceptors (Lipinski definition) is 7. The van der Waals surface area contributed by atoms with E-state index in [1.165, 1.54) is 11.8 Å². The third-order valence-corrected chi connectivity index (χ3v) is 6.87. The summed E-state index contributed by atoms with van der Waals surface area (Å²) in [5, 5.41) is 1.00. The van der Waals surface area contributed by atoms with Crippen LogP contribution in [0.3, 0.4) is 0 Å². The minimum absolute atomic E-state index is 0.0285. The average Bonchev–Trinajstić information content (AvgIpc) is 2.72. The molecule has 0 radical (unpaired) electrons. The molecule has 1 saturated heterocycles.